The van der Waals surface area contributed by atoms with Gasteiger partial charge in [0.25, 0.3) is 0 Å². The average Bonchev–Trinajstić information content (AvgIpc) is 2.76. The molecular weight excluding hydrogens is 220 g/mol. The number of hydrogen-bond acceptors (Lipinski definition) is 3. The molecule has 0 spiro atoms. The second-order valence-electron chi connectivity index (χ2n) is 3.62. The Bertz CT molecular complexity index is 561. The maximum absolute atomic E-state index is 10.7. The predicted octanol–water partition coefficient (Wildman–Crippen LogP) is 1.97. The number of aromatic carboxylic acids is 1. The van der Waals surface area contributed by atoms with Crippen molar-refractivity contribution in [2.24, 2.45) is 0 Å². The Kier molecular flexibility index (Phi) is 2.82. The molecular formula is C12H12N2O3. The van der Waals surface area contributed by atoms with Crippen LogP contribution in [-0.4, -0.2) is 26.0 Å². The van der Waals surface area contributed by atoms with Crippen LogP contribution in [0.15, 0.2) is 30.6 Å². The summed E-state index contributed by atoms with van der Waals surface area (Å²) in [7, 11) is 0. The summed E-state index contributed by atoms with van der Waals surface area (Å²) < 4.78 is 1.76. The SMILES string of the molecule is CCn1cc(-c2ccc(C(=O)O)c(O)c2)cn1. The molecule has 2 aromatic rings. The molecule has 0 aliphatic heterocycles. The van der Waals surface area contributed by atoms with Gasteiger partial charge in [-0.3, -0.25) is 4.68 Å². The van der Waals surface area contributed by atoms with Crippen LogP contribution >= 0.6 is 0 Å². The number of rotatable bonds is 3. The van der Waals surface area contributed by atoms with E-state index < -0.39 is 5.97 Å². The minimum Gasteiger partial charge on any atom is -0.507 e. The zero-order valence-corrected chi connectivity index (χ0v) is 9.29. The van der Waals surface area contributed by atoms with Crippen LogP contribution in [0, 0.1) is 0 Å². The van der Waals surface area contributed by atoms with Gasteiger partial charge in [-0.25, -0.2) is 4.79 Å². The molecule has 0 saturated heterocycles. The monoisotopic (exact) mass is 232 g/mol. The Balaban J connectivity index is 2.40. The van der Waals surface area contributed by atoms with E-state index in [0.29, 0.717) is 0 Å². The third kappa shape index (κ3) is 2.13. The molecule has 0 amide bonds. The van der Waals surface area contributed by atoms with E-state index in [1.807, 2.05) is 13.1 Å². The van der Waals surface area contributed by atoms with Gasteiger partial charge in [0.15, 0.2) is 0 Å². The molecule has 1 heterocycles. The summed E-state index contributed by atoms with van der Waals surface area (Å²) in [5.41, 5.74) is 1.49. The maximum atomic E-state index is 10.7. The summed E-state index contributed by atoms with van der Waals surface area (Å²) in [6.45, 7) is 2.74. The van der Waals surface area contributed by atoms with Crippen LogP contribution in [0.4, 0.5) is 0 Å². The lowest BCUT2D eigenvalue weighted by Gasteiger charge is -2.02. The summed E-state index contributed by atoms with van der Waals surface area (Å²) in [5.74, 6) is -1.38. The van der Waals surface area contributed by atoms with E-state index in [0.717, 1.165) is 17.7 Å². The normalized spacial score (nSPS) is 10.4. The van der Waals surface area contributed by atoms with Gasteiger partial charge in [-0.15, -0.1) is 0 Å². The molecule has 0 aliphatic carbocycles. The average molecular weight is 232 g/mol. The Morgan fingerprint density at radius 2 is 2.18 bits per heavy atom. The smallest absolute Gasteiger partial charge is 0.339 e. The number of nitrogens with zero attached hydrogens (tertiary/aromatic N) is 2. The van der Waals surface area contributed by atoms with Crippen LogP contribution in [0.5, 0.6) is 5.75 Å². The highest BCUT2D eigenvalue weighted by atomic mass is 16.4. The fourth-order valence-corrected chi connectivity index (χ4v) is 1.58. The molecule has 2 N–H and O–H groups in total. The quantitative estimate of drug-likeness (QED) is 0.848. The molecule has 0 unspecified atom stereocenters. The summed E-state index contributed by atoms with van der Waals surface area (Å²) in [4.78, 5) is 10.7. The van der Waals surface area contributed by atoms with Crippen LogP contribution in [0.25, 0.3) is 11.1 Å². The summed E-state index contributed by atoms with van der Waals surface area (Å²) in [6.07, 6.45) is 3.52. The lowest BCUT2D eigenvalue weighted by atomic mass is 10.1. The second kappa shape index (κ2) is 4.29. The number of carboxylic acid groups (broad SMARTS) is 1. The van der Waals surface area contributed by atoms with Gasteiger partial charge in [0.1, 0.15) is 11.3 Å². The van der Waals surface area contributed by atoms with E-state index in [-0.39, 0.29) is 11.3 Å². The van der Waals surface area contributed by atoms with Gasteiger partial charge in [0.05, 0.1) is 6.20 Å². The van der Waals surface area contributed by atoms with Crippen molar-refractivity contribution in [2.75, 3.05) is 0 Å². The number of benzene rings is 1. The number of phenols is 1. The minimum absolute atomic E-state index is 0.100. The van der Waals surface area contributed by atoms with Crippen molar-refractivity contribution < 1.29 is 15.0 Å². The van der Waals surface area contributed by atoms with Crippen molar-refractivity contribution in [1.29, 1.82) is 0 Å². The number of aromatic nitrogens is 2. The van der Waals surface area contributed by atoms with Crippen molar-refractivity contribution in [3.8, 4) is 16.9 Å². The number of aromatic hydroxyl groups is 1. The summed E-state index contributed by atoms with van der Waals surface area (Å²) >= 11 is 0. The van der Waals surface area contributed by atoms with Crippen molar-refractivity contribution in [3.05, 3.63) is 36.2 Å². The van der Waals surface area contributed by atoms with E-state index in [9.17, 15) is 9.90 Å². The largest absolute Gasteiger partial charge is 0.507 e. The van der Waals surface area contributed by atoms with E-state index in [1.165, 1.54) is 12.1 Å². The van der Waals surface area contributed by atoms with Crippen LogP contribution in [0.3, 0.4) is 0 Å². The Morgan fingerprint density at radius 1 is 1.41 bits per heavy atom. The number of carboxylic acids is 1. The summed E-state index contributed by atoms with van der Waals surface area (Å²) in [5, 5.41) is 22.5. The fourth-order valence-electron chi connectivity index (χ4n) is 1.58. The first-order chi connectivity index (χ1) is 8.11. The molecule has 0 fully saturated rings. The molecule has 2 rings (SSSR count). The zero-order chi connectivity index (χ0) is 12.4. The topological polar surface area (TPSA) is 75.4 Å². The molecule has 0 bridgehead atoms. The standard InChI is InChI=1S/C12H12N2O3/c1-2-14-7-9(6-13-14)8-3-4-10(12(16)17)11(15)5-8/h3-7,15H,2H2,1H3,(H,16,17). The highest BCUT2D eigenvalue weighted by Crippen LogP contribution is 2.26. The molecule has 17 heavy (non-hydrogen) atoms. The highest BCUT2D eigenvalue weighted by Gasteiger charge is 2.11. The van der Waals surface area contributed by atoms with Crippen LogP contribution in [0.1, 0.15) is 17.3 Å². The first-order valence-corrected chi connectivity index (χ1v) is 5.21. The molecule has 5 heteroatoms. The molecule has 5 nitrogen and oxygen atoms in total. The van der Waals surface area contributed by atoms with E-state index in [2.05, 4.69) is 5.10 Å². The first kappa shape index (κ1) is 11.2. The Labute approximate surface area is 97.9 Å². The van der Waals surface area contributed by atoms with Gasteiger partial charge in [0.2, 0.25) is 0 Å². The number of carbonyl (C=O) groups is 1. The van der Waals surface area contributed by atoms with E-state index in [4.69, 9.17) is 5.11 Å². The molecule has 0 saturated carbocycles. The van der Waals surface area contributed by atoms with Crippen molar-refractivity contribution in [3.63, 3.8) is 0 Å². The van der Waals surface area contributed by atoms with Crippen molar-refractivity contribution >= 4 is 5.97 Å². The lowest BCUT2D eigenvalue weighted by Crippen LogP contribution is -1.96. The van der Waals surface area contributed by atoms with Gasteiger partial charge < -0.3 is 10.2 Å². The predicted molar refractivity (Wildman–Crippen MR) is 62.0 cm³/mol. The van der Waals surface area contributed by atoms with Gasteiger partial charge >= 0.3 is 5.97 Å². The maximum Gasteiger partial charge on any atom is 0.339 e. The Morgan fingerprint density at radius 3 is 2.71 bits per heavy atom. The molecule has 88 valence electrons. The first-order valence-electron chi connectivity index (χ1n) is 5.21. The van der Waals surface area contributed by atoms with Crippen molar-refractivity contribution in [2.45, 2.75) is 13.5 Å². The van der Waals surface area contributed by atoms with Crippen molar-refractivity contribution in [1.82, 2.24) is 9.78 Å². The van der Waals surface area contributed by atoms with E-state index >= 15 is 0 Å². The fraction of sp³-hybridized carbons (Fsp3) is 0.167. The molecule has 1 aromatic heterocycles. The summed E-state index contributed by atoms with van der Waals surface area (Å²) in [6, 6.07) is 4.47. The van der Waals surface area contributed by atoms with Crippen LogP contribution in [0.2, 0.25) is 0 Å². The van der Waals surface area contributed by atoms with Gasteiger partial charge in [-0.2, -0.15) is 5.10 Å². The molecule has 0 aliphatic rings. The highest BCUT2D eigenvalue weighted by molar-refractivity contribution is 5.91. The molecule has 1 aromatic carbocycles. The zero-order valence-electron chi connectivity index (χ0n) is 9.29. The van der Waals surface area contributed by atoms with Crippen LogP contribution in [-0.2, 0) is 6.54 Å². The third-order valence-electron chi connectivity index (χ3n) is 2.52. The molecule has 0 radical (unpaired) electrons. The van der Waals surface area contributed by atoms with Gasteiger partial charge in [-0.1, -0.05) is 6.07 Å². The Hall–Kier alpha value is -2.30. The molecule has 0 atom stereocenters. The third-order valence-corrected chi connectivity index (χ3v) is 2.52. The number of hydrogen-bond donors (Lipinski definition) is 2. The van der Waals surface area contributed by atoms with Gasteiger partial charge in [0, 0.05) is 18.3 Å². The lowest BCUT2D eigenvalue weighted by molar-refractivity contribution is 0.0694. The van der Waals surface area contributed by atoms with E-state index in [1.54, 1.807) is 16.9 Å². The number of aryl methyl sites for hydroxylation is 1. The minimum atomic E-state index is -1.14. The second-order valence-corrected chi connectivity index (χ2v) is 3.62. The van der Waals surface area contributed by atoms with Crippen LogP contribution < -0.4 is 0 Å². The van der Waals surface area contributed by atoms with Gasteiger partial charge in [-0.05, 0) is 24.6 Å².